The van der Waals surface area contributed by atoms with Gasteiger partial charge in [0.2, 0.25) is 0 Å². The second-order valence-corrected chi connectivity index (χ2v) is 3.42. The average molecular weight is 198 g/mol. The van der Waals surface area contributed by atoms with Gasteiger partial charge in [-0.2, -0.15) is 0 Å². The largest absolute Gasteiger partial charge is 0.404 e. The van der Waals surface area contributed by atoms with Crippen LogP contribution in [0.1, 0.15) is 5.56 Å². The topological polar surface area (TPSA) is 38.0 Å². The minimum Gasteiger partial charge on any atom is -0.404 e. The van der Waals surface area contributed by atoms with Gasteiger partial charge in [0.05, 0.1) is 0 Å². The lowest BCUT2D eigenvalue weighted by Gasteiger charge is -2.02. The monoisotopic (exact) mass is 198 g/mol. The zero-order valence-electron chi connectivity index (χ0n) is 8.48. The molecule has 0 aromatic heterocycles. The quantitative estimate of drug-likeness (QED) is 0.763. The third kappa shape index (κ3) is 2.29. The van der Waals surface area contributed by atoms with Crippen LogP contribution < -0.4 is 11.1 Å². The fraction of sp³-hybridized carbons (Fsp3) is 0.0769. The molecular formula is C13H14N2. The lowest BCUT2D eigenvalue weighted by molar-refractivity contribution is 1.01. The van der Waals surface area contributed by atoms with Crippen molar-refractivity contribution in [1.29, 1.82) is 0 Å². The molecule has 0 amide bonds. The van der Waals surface area contributed by atoms with Gasteiger partial charge in [-0.25, -0.2) is 0 Å². The highest BCUT2D eigenvalue weighted by molar-refractivity contribution is 5.75. The van der Waals surface area contributed by atoms with Gasteiger partial charge in [-0.05, 0) is 35.1 Å². The van der Waals surface area contributed by atoms with Crippen LogP contribution in [0.4, 0.5) is 0 Å². The molecule has 0 bridgehead atoms. The van der Waals surface area contributed by atoms with Crippen molar-refractivity contribution in [2.24, 2.45) is 5.73 Å². The molecule has 2 rings (SSSR count). The summed E-state index contributed by atoms with van der Waals surface area (Å²) in [7, 11) is 0. The van der Waals surface area contributed by atoms with Crippen LogP contribution in [0, 0.1) is 0 Å². The van der Waals surface area contributed by atoms with Crippen molar-refractivity contribution < 1.29 is 0 Å². The molecule has 3 N–H and O–H groups in total. The normalized spacial score (nSPS) is 18.1. The third-order valence-corrected chi connectivity index (χ3v) is 2.35. The molecule has 76 valence electrons. The van der Waals surface area contributed by atoms with E-state index in [1.165, 1.54) is 5.57 Å². The Bertz CT molecular complexity index is 413. The van der Waals surface area contributed by atoms with Crippen LogP contribution in [0.15, 0.2) is 60.5 Å². The van der Waals surface area contributed by atoms with E-state index in [0.717, 1.165) is 17.7 Å². The highest BCUT2D eigenvalue weighted by Crippen LogP contribution is 2.17. The summed E-state index contributed by atoms with van der Waals surface area (Å²) in [6, 6.07) is 10.1. The van der Waals surface area contributed by atoms with E-state index in [-0.39, 0.29) is 0 Å². The summed E-state index contributed by atoms with van der Waals surface area (Å²) in [6.07, 6.45) is 7.76. The highest BCUT2D eigenvalue weighted by Gasteiger charge is 2.01. The highest BCUT2D eigenvalue weighted by atomic mass is 14.8. The second kappa shape index (κ2) is 4.51. The van der Waals surface area contributed by atoms with E-state index in [2.05, 4.69) is 29.6 Å². The molecule has 2 heteroatoms. The minimum atomic E-state index is 0.879. The Morgan fingerprint density at radius 1 is 1.27 bits per heavy atom. The maximum absolute atomic E-state index is 5.63. The van der Waals surface area contributed by atoms with Gasteiger partial charge in [0.25, 0.3) is 0 Å². The summed E-state index contributed by atoms with van der Waals surface area (Å²) in [5, 5.41) is 3.14. The Morgan fingerprint density at radius 2 is 2.07 bits per heavy atom. The standard InChI is InChI=1S/C13H14N2/c14-9-13(8-11-6-7-15-10-11)12-4-2-1-3-5-12/h1-9,15H,10,14H2/b11-8-,13-9+. The molecule has 0 aliphatic carbocycles. The van der Waals surface area contributed by atoms with E-state index in [0.29, 0.717) is 0 Å². The van der Waals surface area contributed by atoms with Gasteiger partial charge < -0.3 is 11.1 Å². The van der Waals surface area contributed by atoms with Gasteiger partial charge in [-0.15, -0.1) is 0 Å². The first-order chi connectivity index (χ1) is 7.40. The van der Waals surface area contributed by atoms with E-state index in [1.807, 2.05) is 24.4 Å². The fourth-order valence-electron chi connectivity index (χ4n) is 1.56. The van der Waals surface area contributed by atoms with Gasteiger partial charge in [0, 0.05) is 12.7 Å². The smallest absolute Gasteiger partial charge is 0.0396 e. The van der Waals surface area contributed by atoms with E-state index in [9.17, 15) is 0 Å². The summed E-state index contributed by atoms with van der Waals surface area (Å²) < 4.78 is 0. The van der Waals surface area contributed by atoms with E-state index in [1.54, 1.807) is 6.20 Å². The van der Waals surface area contributed by atoms with Crippen molar-refractivity contribution >= 4 is 5.57 Å². The van der Waals surface area contributed by atoms with Crippen LogP contribution >= 0.6 is 0 Å². The number of allylic oxidation sites excluding steroid dienone is 2. The summed E-state index contributed by atoms with van der Waals surface area (Å²) in [4.78, 5) is 0. The van der Waals surface area contributed by atoms with Crippen LogP contribution in [0.3, 0.4) is 0 Å². The molecule has 0 spiro atoms. The average Bonchev–Trinajstić information content (AvgIpc) is 2.80. The number of nitrogens with two attached hydrogens (primary N) is 1. The molecule has 0 unspecified atom stereocenters. The lowest BCUT2D eigenvalue weighted by atomic mass is 10.0. The van der Waals surface area contributed by atoms with Crippen LogP contribution in [0.25, 0.3) is 5.57 Å². The Hall–Kier alpha value is -1.96. The number of hydrogen-bond acceptors (Lipinski definition) is 2. The van der Waals surface area contributed by atoms with Crippen LogP contribution in [-0.4, -0.2) is 6.54 Å². The Labute approximate surface area is 89.8 Å². The number of nitrogens with one attached hydrogen (secondary N) is 1. The molecule has 15 heavy (non-hydrogen) atoms. The minimum absolute atomic E-state index is 0.879. The van der Waals surface area contributed by atoms with Crippen molar-refractivity contribution in [3.8, 4) is 0 Å². The SMILES string of the molecule is N/C=C(\C=C1\C=CNC1)c1ccccc1. The van der Waals surface area contributed by atoms with E-state index in [4.69, 9.17) is 5.73 Å². The van der Waals surface area contributed by atoms with Crippen molar-refractivity contribution in [3.05, 3.63) is 66.0 Å². The van der Waals surface area contributed by atoms with Crippen molar-refractivity contribution in [2.45, 2.75) is 0 Å². The van der Waals surface area contributed by atoms with Gasteiger partial charge in [0.15, 0.2) is 0 Å². The Balaban J connectivity index is 2.26. The first-order valence-electron chi connectivity index (χ1n) is 4.98. The number of hydrogen-bond donors (Lipinski definition) is 2. The third-order valence-electron chi connectivity index (χ3n) is 2.35. The molecule has 1 aliphatic rings. The van der Waals surface area contributed by atoms with E-state index >= 15 is 0 Å². The summed E-state index contributed by atoms with van der Waals surface area (Å²) in [5.41, 5.74) is 9.08. The number of rotatable bonds is 2. The fourth-order valence-corrected chi connectivity index (χ4v) is 1.56. The predicted molar refractivity (Wildman–Crippen MR) is 63.8 cm³/mol. The molecule has 1 aromatic rings. The second-order valence-electron chi connectivity index (χ2n) is 3.42. The first kappa shape index (κ1) is 9.59. The molecule has 0 fully saturated rings. The molecular weight excluding hydrogens is 184 g/mol. The zero-order chi connectivity index (χ0) is 10.5. The molecule has 2 nitrogen and oxygen atoms in total. The molecule has 1 aromatic carbocycles. The van der Waals surface area contributed by atoms with Crippen molar-refractivity contribution in [2.75, 3.05) is 6.54 Å². The Morgan fingerprint density at radius 3 is 2.67 bits per heavy atom. The Kier molecular flexibility index (Phi) is 2.88. The zero-order valence-corrected chi connectivity index (χ0v) is 8.48. The van der Waals surface area contributed by atoms with Gasteiger partial charge >= 0.3 is 0 Å². The predicted octanol–water partition coefficient (Wildman–Crippen LogP) is 2.03. The molecule has 0 saturated carbocycles. The van der Waals surface area contributed by atoms with E-state index < -0.39 is 0 Å². The van der Waals surface area contributed by atoms with Crippen molar-refractivity contribution in [1.82, 2.24) is 5.32 Å². The molecule has 1 aliphatic heterocycles. The first-order valence-corrected chi connectivity index (χ1v) is 4.98. The van der Waals surface area contributed by atoms with Gasteiger partial charge in [-0.3, -0.25) is 0 Å². The van der Waals surface area contributed by atoms with Crippen molar-refractivity contribution in [3.63, 3.8) is 0 Å². The van der Waals surface area contributed by atoms with Gasteiger partial charge in [-0.1, -0.05) is 30.3 Å². The molecule has 0 radical (unpaired) electrons. The van der Waals surface area contributed by atoms with Crippen LogP contribution in [0.5, 0.6) is 0 Å². The molecule has 0 saturated heterocycles. The van der Waals surface area contributed by atoms with Crippen LogP contribution in [-0.2, 0) is 0 Å². The maximum Gasteiger partial charge on any atom is 0.0396 e. The summed E-state index contributed by atoms with van der Waals surface area (Å²) in [5.74, 6) is 0. The molecule has 0 atom stereocenters. The number of benzene rings is 1. The lowest BCUT2D eigenvalue weighted by Crippen LogP contribution is -2.00. The molecule has 1 heterocycles. The maximum atomic E-state index is 5.63. The van der Waals surface area contributed by atoms with Crippen LogP contribution in [0.2, 0.25) is 0 Å². The summed E-state index contributed by atoms with van der Waals surface area (Å²) in [6.45, 7) is 0.879. The summed E-state index contributed by atoms with van der Waals surface area (Å²) >= 11 is 0. The van der Waals surface area contributed by atoms with Gasteiger partial charge in [0.1, 0.15) is 0 Å².